The van der Waals surface area contributed by atoms with Gasteiger partial charge in [-0.05, 0) is 18.2 Å². The largest absolute Gasteiger partial charge is 0.478 e. The number of H-pyrrole nitrogens is 2. The van der Waals surface area contributed by atoms with Crippen molar-refractivity contribution < 1.29 is 26.4 Å². The van der Waals surface area contributed by atoms with Crippen LogP contribution in [0.25, 0.3) is 89.7 Å². The molecule has 10 nitrogen and oxygen atoms in total. The van der Waals surface area contributed by atoms with Crippen molar-refractivity contribution in [3.63, 3.8) is 0 Å². The van der Waals surface area contributed by atoms with Gasteiger partial charge in [0.25, 0.3) is 0 Å². The van der Waals surface area contributed by atoms with Crippen LogP contribution in [0.2, 0.25) is 0 Å². The molecule has 3 aromatic heterocycles. The van der Waals surface area contributed by atoms with Crippen LogP contribution in [0.3, 0.4) is 0 Å². The van der Waals surface area contributed by atoms with Crippen molar-refractivity contribution in [2.45, 2.75) is 0 Å². The number of aromatic nitrogens is 8. The van der Waals surface area contributed by atoms with Crippen molar-refractivity contribution in [3.8, 4) is 45.6 Å². The molecule has 0 spiro atoms. The first-order valence-electron chi connectivity index (χ1n) is 13.6. The molecule has 0 aliphatic carbocycles. The zero-order valence-corrected chi connectivity index (χ0v) is 23.5. The number of aromatic carboxylic acids is 1. The van der Waals surface area contributed by atoms with Crippen molar-refractivity contribution in [2.24, 2.45) is 0 Å². The second-order valence-corrected chi connectivity index (χ2v) is 10.3. The van der Waals surface area contributed by atoms with Gasteiger partial charge in [-0.15, -0.1) is 0 Å². The van der Waals surface area contributed by atoms with Crippen molar-refractivity contribution in [1.82, 2.24) is 39.9 Å². The van der Waals surface area contributed by atoms with Gasteiger partial charge in [-0.3, -0.25) is 0 Å². The number of fused-ring (bicyclic) bond motifs is 20. The number of hydrogen-bond acceptors (Lipinski definition) is 7. The van der Waals surface area contributed by atoms with Crippen molar-refractivity contribution in [1.29, 1.82) is 0 Å². The average molecular weight is 617 g/mol. The number of nitrogens with zero attached hydrogens (tertiary/aromatic N) is 6. The Balaban J connectivity index is 0.00000289. The molecule has 8 bridgehead atoms. The third kappa shape index (κ3) is 3.83. The second kappa shape index (κ2) is 9.62. The Labute approximate surface area is 257 Å². The van der Waals surface area contributed by atoms with Crippen LogP contribution in [0.1, 0.15) is 10.4 Å². The molecule has 0 unspecified atom stereocenters. The minimum absolute atomic E-state index is 0. The maximum absolute atomic E-state index is 11.9. The molecule has 0 saturated heterocycles. The number of nitrogens with one attached hydrogen (secondary N) is 2. The summed E-state index contributed by atoms with van der Waals surface area (Å²) in [6.07, 6.45) is 0. The summed E-state index contributed by atoms with van der Waals surface area (Å²) in [5.74, 6) is 0.936. The molecule has 9 rings (SSSR count). The number of carboxylic acid groups (broad SMARTS) is 1. The van der Waals surface area contributed by atoms with E-state index in [9.17, 15) is 9.90 Å². The number of benzene rings is 4. The van der Waals surface area contributed by atoms with E-state index in [4.69, 9.17) is 29.9 Å². The Morgan fingerprint density at radius 2 is 0.841 bits per heavy atom. The molecule has 4 aromatic carbocycles. The summed E-state index contributed by atoms with van der Waals surface area (Å²) >= 11 is 0. The Morgan fingerprint density at radius 1 is 0.477 bits per heavy atom. The maximum atomic E-state index is 11.9. The minimum Gasteiger partial charge on any atom is -0.478 e. The maximum Gasteiger partial charge on any atom is 0.335 e. The standard InChI is InChI=1S/C33H18N8O2.Ni/c42-33(43)16-13-14-23-24(15-16)32-40-30-22-12-6-5-11-21(22)28(38-30)36-26-18-8-2-1-7-17(18)25(34-26)35-27-19-9-3-4-10-20(19)29(37-27)39-31(23)41-32;/h1-15H,(H,42,43)(H2,34,35,36,37,38,39,40,41);. The van der Waals surface area contributed by atoms with Gasteiger partial charge in [0, 0.05) is 60.3 Å². The Morgan fingerprint density at radius 3 is 1.25 bits per heavy atom. The topological polar surface area (TPSA) is 146 Å². The van der Waals surface area contributed by atoms with Gasteiger partial charge in [0.1, 0.15) is 22.6 Å². The zero-order valence-electron chi connectivity index (χ0n) is 22.5. The summed E-state index contributed by atoms with van der Waals surface area (Å²) < 4.78 is 0. The Bertz CT molecular complexity index is 2510. The molecule has 212 valence electrons. The molecule has 44 heavy (non-hydrogen) atoms. The predicted octanol–water partition coefficient (Wildman–Crippen LogP) is 6.56. The fourth-order valence-corrected chi connectivity index (χ4v) is 5.77. The summed E-state index contributed by atoms with van der Waals surface area (Å²) in [6.45, 7) is 0. The van der Waals surface area contributed by atoms with Crippen LogP contribution in [0.15, 0.2) is 91.0 Å². The number of carbonyl (C=O) groups is 1. The third-order valence-corrected chi connectivity index (χ3v) is 7.80. The number of hydrogen-bond donors (Lipinski definition) is 3. The molecule has 0 atom stereocenters. The van der Waals surface area contributed by atoms with Crippen molar-refractivity contribution in [3.05, 3.63) is 96.6 Å². The predicted molar refractivity (Wildman–Crippen MR) is 163 cm³/mol. The summed E-state index contributed by atoms with van der Waals surface area (Å²) in [5.41, 5.74) is 5.67. The first-order chi connectivity index (χ1) is 21.1. The van der Waals surface area contributed by atoms with Crippen LogP contribution in [-0.4, -0.2) is 50.9 Å². The first-order valence-corrected chi connectivity index (χ1v) is 13.6. The van der Waals surface area contributed by atoms with E-state index in [1.807, 2.05) is 72.8 Å². The SMILES string of the molecule is O=C(O)c1ccc2c3nc4nc(nc5[nH]c(nc6nc(nc([nH]3)c2c1)-c1ccccc1-6)c1ccccc51)-c1ccccc1-4.[Ni]. The summed E-state index contributed by atoms with van der Waals surface area (Å²) in [5, 5.41) is 12.8. The fraction of sp³-hybridized carbons (Fsp3) is 0. The van der Waals surface area contributed by atoms with Gasteiger partial charge < -0.3 is 15.1 Å². The molecular formula is C33H18N8NiO2. The number of rotatable bonds is 1. The minimum atomic E-state index is -1.03. The second-order valence-electron chi connectivity index (χ2n) is 10.3. The molecule has 2 aliphatic rings. The molecule has 0 amide bonds. The molecule has 0 saturated carbocycles. The van der Waals surface area contributed by atoms with Crippen molar-refractivity contribution >= 4 is 50.1 Å². The Hall–Kier alpha value is -5.80. The van der Waals surface area contributed by atoms with Gasteiger partial charge in [0.2, 0.25) is 0 Å². The summed E-state index contributed by atoms with van der Waals surface area (Å²) in [4.78, 5) is 48.1. The first kappa shape index (κ1) is 25.9. The van der Waals surface area contributed by atoms with Gasteiger partial charge in [0.15, 0.2) is 23.3 Å². The molecule has 0 radical (unpaired) electrons. The van der Waals surface area contributed by atoms with E-state index >= 15 is 0 Å². The fourth-order valence-electron chi connectivity index (χ4n) is 5.77. The number of carboxylic acids is 1. The molecule has 11 heteroatoms. The van der Waals surface area contributed by atoms with E-state index in [1.54, 1.807) is 18.2 Å². The molecule has 7 aromatic rings. The van der Waals surface area contributed by atoms with E-state index in [1.165, 1.54) is 0 Å². The van der Waals surface area contributed by atoms with Gasteiger partial charge in [-0.1, -0.05) is 72.8 Å². The molecule has 5 heterocycles. The monoisotopic (exact) mass is 616 g/mol. The van der Waals surface area contributed by atoms with Gasteiger partial charge >= 0.3 is 5.97 Å². The van der Waals surface area contributed by atoms with Gasteiger partial charge in [-0.2, -0.15) is 0 Å². The summed E-state index contributed by atoms with van der Waals surface area (Å²) in [6, 6.07) is 28.4. The van der Waals surface area contributed by atoms with Crippen LogP contribution >= 0.6 is 0 Å². The van der Waals surface area contributed by atoms with E-state index in [0.29, 0.717) is 56.7 Å². The average Bonchev–Trinajstić information content (AvgIpc) is 3.76. The van der Waals surface area contributed by atoms with E-state index in [-0.39, 0.29) is 22.1 Å². The number of aromatic amines is 2. The van der Waals surface area contributed by atoms with E-state index in [2.05, 4.69) is 9.97 Å². The van der Waals surface area contributed by atoms with Gasteiger partial charge in [-0.25, -0.2) is 34.7 Å². The molecular weight excluding hydrogens is 599 g/mol. The van der Waals surface area contributed by atoms with Crippen LogP contribution in [0.4, 0.5) is 0 Å². The molecule has 3 N–H and O–H groups in total. The van der Waals surface area contributed by atoms with Gasteiger partial charge in [0.05, 0.1) is 5.56 Å². The smallest absolute Gasteiger partial charge is 0.335 e. The molecule has 2 aliphatic heterocycles. The van der Waals surface area contributed by atoms with Crippen molar-refractivity contribution in [2.75, 3.05) is 0 Å². The van der Waals surface area contributed by atoms with Crippen LogP contribution < -0.4 is 0 Å². The summed E-state index contributed by atoms with van der Waals surface area (Å²) in [7, 11) is 0. The zero-order chi connectivity index (χ0) is 28.7. The van der Waals surface area contributed by atoms with Crippen LogP contribution in [0, 0.1) is 0 Å². The van der Waals surface area contributed by atoms with E-state index in [0.717, 1.165) is 33.0 Å². The van der Waals surface area contributed by atoms with Crippen LogP contribution in [-0.2, 0) is 16.5 Å². The Kier molecular flexibility index (Phi) is 5.66. The van der Waals surface area contributed by atoms with E-state index < -0.39 is 5.97 Å². The molecule has 0 fully saturated rings. The third-order valence-electron chi connectivity index (χ3n) is 7.80. The van der Waals surface area contributed by atoms with Crippen LogP contribution in [0.5, 0.6) is 0 Å². The normalized spacial score (nSPS) is 11.6. The quantitative estimate of drug-likeness (QED) is 0.176.